The topological polar surface area (TPSA) is 54.0 Å². The molecule has 6 heteroatoms. The lowest BCUT2D eigenvalue weighted by atomic mass is 10.2. The van der Waals surface area contributed by atoms with Gasteiger partial charge in [-0.15, -0.1) is 0 Å². The van der Waals surface area contributed by atoms with Gasteiger partial charge in [0, 0.05) is 36.6 Å². The fourth-order valence-electron chi connectivity index (χ4n) is 3.92. The predicted molar refractivity (Wildman–Crippen MR) is 130 cm³/mol. The molecule has 5 nitrogen and oxygen atoms in total. The fourth-order valence-corrected chi connectivity index (χ4v) is 4.83. The van der Waals surface area contributed by atoms with Crippen LogP contribution in [0.25, 0.3) is 11.0 Å². The van der Waals surface area contributed by atoms with E-state index in [0.717, 1.165) is 52.0 Å². The number of imidazole rings is 1. The van der Waals surface area contributed by atoms with Crippen LogP contribution in [-0.2, 0) is 12.3 Å². The van der Waals surface area contributed by atoms with Crippen molar-refractivity contribution in [1.82, 2.24) is 19.9 Å². The van der Waals surface area contributed by atoms with Gasteiger partial charge in [-0.05, 0) is 43.5 Å². The molecule has 5 rings (SSSR count). The van der Waals surface area contributed by atoms with Gasteiger partial charge in [0.2, 0.25) is 0 Å². The maximum Gasteiger partial charge on any atom is 0.166 e. The Morgan fingerprint density at radius 2 is 1.88 bits per heavy atom. The van der Waals surface area contributed by atoms with Crippen molar-refractivity contribution in [3.05, 3.63) is 83.7 Å². The minimum absolute atomic E-state index is 0.685. The van der Waals surface area contributed by atoms with Gasteiger partial charge in [-0.1, -0.05) is 54.2 Å². The SMILES string of the molecule is Cc1c(OCCN(Cc2ccccc2)C2CC2)ccnc1CSc1nc2ccccc2[nH]1. The molecule has 0 bridgehead atoms. The molecule has 2 heterocycles. The molecule has 0 atom stereocenters. The molecule has 0 saturated heterocycles. The van der Waals surface area contributed by atoms with Crippen molar-refractivity contribution in [2.75, 3.05) is 13.2 Å². The number of hydrogen-bond acceptors (Lipinski definition) is 5. The summed E-state index contributed by atoms with van der Waals surface area (Å²) in [6.07, 6.45) is 4.44. The summed E-state index contributed by atoms with van der Waals surface area (Å²) in [7, 11) is 0. The zero-order valence-electron chi connectivity index (χ0n) is 18.3. The van der Waals surface area contributed by atoms with Crippen molar-refractivity contribution in [1.29, 1.82) is 0 Å². The van der Waals surface area contributed by atoms with Gasteiger partial charge in [0.05, 0.1) is 16.7 Å². The van der Waals surface area contributed by atoms with Gasteiger partial charge in [0.15, 0.2) is 5.16 Å². The van der Waals surface area contributed by atoms with E-state index in [1.807, 2.05) is 36.5 Å². The zero-order valence-corrected chi connectivity index (χ0v) is 19.1. The summed E-state index contributed by atoms with van der Waals surface area (Å²) < 4.78 is 6.21. The molecule has 0 unspecified atom stereocenters. The molecule has 164 valence electrons. The van der Waals surface area contributed by atoms with Crippen LogP contribution in [0.1, 0.15) is 29.7 Å². The molecular weight excluding hydrogens is 416 g/mol. The number of hydrogen-bond donors (Lipinski definition) is 1. The average Bonchev–Trinajstić information content (AvgIpc) is 3.58. The predicted octanol–water partition coefficient (Wildman–Crippen LogP) is 5.60. The second-order valence-corrected chi connectivity index (χ2v) is 9.23. The van der Waals surface area contributed by atoms with E-state index in [9.17, 15) is 0 Å². The molecule has 1 aliphatic rings. The first kappa shape index (κ1) is 21.0. The number of nitrogens with one attached hydrogen (secondary N) is 1. The lowest BCUT2D eigenvalue weighted by Gasteiger charge is -2.22. The maximum atomic E-state index is 6.21. The first-order chi connectivity index (χ1) is 15.8. The monoisotopic (exact) mass is 444 g/mol. The highest BCUT2D eigenvalue weighted by Gasteiger charge is 2.28. The van der Waals surface area contributed by atoms with Gasteiger partial charge >= 0.3 is 0 Å². The number of thioether (sulfide) groups is 1. The molecule has 0 aliphatic heterocycles. The Hall–Kier alpha value is -2.83. The summed E-state index contributed by atoms with van der Waals surface area (Å²) in [5.41, 5.74) is 5.57. The first-order valence-corrected chi connectivity index (χ1v) is 12.2. The van der Waals surface area contributed by atoms with Gasteiger partial charge in [-0.2, -0.15) is 0 Å². The number of nitrogens with zero attached hydrogens (tertiary/aromatic N) is 3. The number of rotatable bonds is 10. The molecule has 1 fully saturated rings. The van der Waals surface area contributed by atoms with E-state index in [2.05, 4.69) is 57.1 Å². The molecule has 2 aromatic carbocycles. The van der Waals surface area contributed by atoms with Crippen LogP contribution in [0.4, 0.5) is 0 Å². The summed E-state index contributed by atoms with van der Waals surface area (Å²) in [6, 6.07) is 21.5. The molecule has 2 aromatic heterocycles. The Balaban J connectivity index is 1.18. The van der Waals surface area contributed by atoms with Crippen molar-refractivity contribution in [3.8, 4) is 5.75 Å². The zero-order chi connectivity index (χ0) is 21.8. The molecule has 4 aromatic rings. The molecule has 0 amide bonds. The van der Waals surface area contributed by atoms with Crippen molar-refractivity contribution >= 4 is 22.8 Å². The van der Waals surface area contributed by atoms with Crippen LogP contribution in [-0.4, -0.2) is 39.0 Å². The number of pyridine rings is 1. The Morgan fingerprint density at radius 1 is 1.06 bits per heavy atom. The van der Waals surface area contributed by atoms with Gasteiger partial charge in [0.25, 0.3) is 0 Å². The van der Waals surface area contributed by atoms with E-state index in [1.54, 1.807) is 11.8 Å². The van der Waals surface area contributed by atoms with Gasteiger partial charge in [0.1, 0.15) is 12.4 Å². The molecular formula is C26H28N4OS. The summed E-state index contributed by atoms with van der Waals surface area (Å²) in [5.74, 6) is 1.68. The molecule has 1 N–H and O–H groups in total. The van der Waals surface area contributed by atoms with E-state index in [-0.39, 0.29) is 0 Å². The van der Waals surface area contributed by atoms with Crippen LogP contribution < -0.4 is 4.74 Å². The lowest BCUT2D eigenvalue weighted by Crippen LogP contribution is -2.30. The Labute approximate surface area is 193 Å². The van der Waals surface area contributed by atoms with Crippen molar-refractivity contribution in [3.63, 3.8) is 0 Å². The van der Waals surface area contributed by atoms with Crippen molar-refractivity contribution in [2.24, 2.45) is 0 Å². The molecule has 0 radical (unpaired) electrons. The average molecular weight is 445 g/mol. The highest BCUT2D eigenvalue weighted by atomic mass is 32.2. The number of H-pyrrole nitrogens is 1. The number of para-hydroxylation sites is 2. The number of aromatic amines is 1. The van der Waals surface area contributed by atoms with Crippen LogP contribution in [0.15, 0.2) is 72.0 Å². The van der Waals surface area contributed by atoms with E-state index >= 15 is 0 Å². The number of ether oxygens (including phenoxy) is 1. The summed E-state index contributed by atoms with van der Waals surface area (Å²) >= 11 is 1.67. The Bertz CT molecular complexity index is 1140. The van der Waals surface area contributed by atoms with Gasteiger partial charge in [-0.3, -0.25) is 9.88 Å². The minimum atomic E-state index is 0.685. The third-order valence-corrected chi connectivity index (χ3v) is 6.78. The smallest absolute Gasteiger partial charge is 0.166 e. The summed E-state index contributed by atoms with van der Waals surface area (Å²) in [5, 5.41) is 0.916. The second kappa shape index (κ2) is 9.76. The highest BCUT2D eigenvalue weighted by molar-refractivity contribution is 7.98. The Morgan fingerprint density at radius 3 is 2.69 bits per heavy atom. The van der Waals surface area contributed by atoms with E-state index in [1.165, 1.54) is 18.4 Å². The van der Waals surface area contributed by atoms with Crippen molar-refractivity contribution in [2.45, 2.75) is 43.3 Å². The third kappa shape index (κ3) is 5.14. The molecule has 1 aliphatic carbocycles. The number of fused-ring (bicyclic) bond motifs is 1. The molecule has 32 heavy (non-hydrogen) atoms. The quantitative estimate of drug-likeness (QED) is 0.323. The van der Waals surface area contributed by atoms with Crippen LogP contribution >= 0.6 is 11.8 Å². The standard InChI is InChI=1S/C26H28N4OS/c1-19-24(18-32-26-28-22-9-5-6-10-23(22)29-26)27-14-13-25(19)31-16-15-30(21-11-12-21)17-20-7-3-2-4-8-20/h2-10,13-14,21H,11-12,15-18H2,1H3,(H,28,29). The largest absolute Gasteiger partial charge is 0.492 e. The van der Waals surface area contributed by atoms with Crippen LogP contribution in [0.2, 0.25) is 0 Å². The van der Waals surface area contributed by atoms with Crippen LogP contribution in [0, 0.1) is 6.92 Å². The minimum Gasteiger partial charge on any atom is -0.492 e. The summed E-state index contributed by atoms with van der Waals surface area (Å²) in [6.45, 7) is 4.71. The van der Waals surface area contributed by atoms with Gasteiger partial charge in [-0.25, -0.2) is 4.98 Å². The van der Waals surface area contributed by atoms with Gasteiger partial charge < -0.3 is 9.72 Å². The van der Waals surface area contributed by atoms with Crippen LogP contribution in [0.5, 0.6) is 5.75 Å². The maximum absolute atomic E-state index is 6.21. The van der Waals surface area contributed by atoms with Crippen LogP contribution in [0.3, 0.4) is 0 Å². The van der Waals surface area contributed by atoms with Crippen molar-refractivity contribution < 1.29 is 4.74 Å². The highest BCUT2D eigenvalue weighted by Crippen LogP contribution is 2.29. The molecule has 1 saturated carbocycles. The number of benzene rings is 2. The Kier molecular flexibility index (Phi) is 6.41. The normalized spacial score (nSPS) is 13.7. The van der Waals surface area contributed by atoms with E-state index in [0.29, 0.717) is 12.6 Å². The number of aromatic nitrogens is 3. The summed E-state index contributed by atoms with van der Waals surface area (Å²) in [4.78, 5) is 15.2. The third-order valence-electron chi connectivity index (χ3n) is 5.90. The fraction of sp³-hybridized carbons (Fsp3) is 0.308. The van der Waals surface area contributed by atoms with E-state index in [4.69, 9.17) is 4.74 Å². The molecule has 0 spiro atoms. The lowest BCUT2D eigenvalue weighted by molar-refractivity contribution is 0.194. The first-order valence-electron chi connectivity index (χ1n) is 11.2. The van der Waals surface area contributed by atoms with E-state index < -0.39 is 0 Å². The second-order valence-electron chi connectivity index (χ2n) is 8.26.